The van der Waals surface area contributed by atoms with Crippen molar-refractivity contribution in [2.75, 3.05) is 0 Å². The van der Waals surface area contributed by atoms with Crippen LogP contribution in [0.5, 0.6) is 0 Å². The Morgan fingerprint density at radius 3 is 2.24 bits per heavy atom. The zero-order valence-electron chi connectivity index (χ0n) is 18.3. The van der Waals surface area contributed by atoms with E-state index in [1.165, 1.54) is 6.92 Å². The van der Waals surface area contributed by atoms with Gasteiger partial charge >= 0.3 is 0 Å². The van der Waals surface area contributed by atoms with Crippen LogP contribution in [0, 0.1) is 11.6 Å². The zero-order chi connectivity index (χ0) is 24.2. The van der Waals surface area contributed by atoms with E-state index in [1.54, 1.807) is 12.1 Å². The van der Waals surface area contributed by atoms with Gasteiger partial charge in [0, 0.05) is 6.07 Å². The lowest BCUT2D eigenvalue weighted by atomic mass is 9.87. The zero-order valence-corrected chi connectivity index (χ0v) is 18.3. The van der Waals surface area contributed by atoms with E-state index in [0.717, 1.165) is 23.3 Å². The second-order valence-corrected chi connectivity index (χ2v) is 8.17. The van der Waals surface area contributed by atoms with Gasteiger partial charge in [0.1, 0.15) is 23.7 Å². The molecule has 3 aromatic carbocycles. The lowest BCUT2D eigenvalue weighted by Crippen LogP contribution is -2.51. The number of nitrogens with one attached hydrogen (secondary N) is 3. The number of benzene rings is 3. The summed E-state index contributed by atoms with van der Waals surface area (Å²) < 4.78 is 26.7. The monoisotopic (exact) mass is 463 g/mol. The third-order valence-corrected chi connectivity index (χ3v) is 5.64. The number of amides is 3. The number of hydrogen-bond acceptors (Lipinski definition) is 3. The molecule has 1 heterocycles. The van der Waals surface area contributed by atoms with E-state index in [0.29, 0.717) is 11.6 Å². The Kier molecular flexibility index (Phi) is 6.67. The first-order valence-corrected chi connectivity index (χ1v) is 10.8. The molecule has 174 valence electrons. The number of halogens is 2. The second kappa shape index (κ2) is 9.82. The second-order valence-electron chi connectivity index (χ2n) is 8.17. The Balaban J connectivity index is 1.45. The van der Waals surface area contributed by atoms with Gasteiger partial charge in [-0.2, -0.15) is 0 Å². The molecule has 0 radical (unpaired) electrons. The summed E-state index contributed by atoms with van der Waals surface area (Å²) >= 11 is 0. The van der Waals surface area contributed by atoms with Crippen LogP contribution in [-0.2, 0) is 20.8 Å². The SMILES string of the molecule is C[C@H](NC(=O)Cc1cc(F)cc(F)c1)C(=O)NC1C(=O)NC(c2ccccc2)c2ccccc21. The Labute approximate surface area is 195 Å². The van der Waals surface area contributed by atoms with E-state index >= 15 is 0 Å². The van der Waals surface area contributed by atoms with Gasteiger partial charge < -0.3 is 16.0 Å². The highest BCUT2D eigenvalue weighted by Crippen LogP contribution is 2.33. The molecule has 1 aliphatic heterocycles. The van der Waals surface area contributed by atoms with Crippen molar-refractivity contribution in [3.8, 4) is 0 Å². The molecule has 4 rings (SSSR count). The smallest absolute Gasteiger partial charge is 0.247 e. The molecule has 3 amide bonds. The van der Waals surface area contributed by atoms with Crippen LogP contribution in [0.2, 0.25) is 0 Å². The van der Waals surface area contributed by atoms with E-state index in [2.05, 4.69) is 16.0 Å². The molecule has 8 heteroatoms. The van der Waals surface area contributed by atoms with Crippen LogP contribution in [0.4, 0.5) is 8.78 Å². The van der Waals surface area contributed by atoms with Gasteiger partial charge in [-0.15, -0.1) is 0 Å². The third kappa shape index (κ3) is 5.11. The number of carbonyl (C=O) groups excluding carboxylic acids is 3. The van der Waals surface area contributed by atoms with Crippen molar-refractivity contribution in [2.24, 2.45) is 0 Å². The van der Waals surface area contributed by atoms with Crippen LogP contribution in [0.1, 0.15) is 41.3 Å². The van der Waals surface area contributed by atoms with Gasteiger partial charge in [0.25, 0.3) is 0 Å². The fourth-order valence-corrected chi connectivity index (χ4v) is 4.06. The summed E-state index contributed by atoms with van der Waals surface area (Å²) in [6.45, 7) is 1.47. The summed E-state index contributed by atoms with van der Waals surface area (Å²) in [5.41, 5.74) is 2.60. The summed E-state index contributed by atoms with van der Waals surface area (Å²) in [4.78, 5) is 38.0. The lowest BCUT2D eigenvalue weighted by molar-refractivity contribution is -0.132. The Morgan fingerprint density at radius 1 is 0.941 bits per heavy atom. The number of fused-ring (bicyclic) bond motifs is 1. The minimum atomic E-state index is -0.974. The standard InChI is InChI=1S/C26H23F2N3O3/c1-15(29-22(32)13-16-11-18(27)14-19(28)12-16)25(33)31-24-21-10-6-5-9-20(21)23(30-26(24)34)17-7-3-2-4-8-17/h2-12,14-15,23-24H,13H2,1H3,(H,29,32)(H,30,34)(H,31,33)/t15-,23?,24?/m0/s1. The van der Waals surface area contributed by atoms with Crippen molar-refractivity contribution < 1.29 is 23.2 Å². The quantitative estimate of drug-likeness (QED) is 0.525. The molecule has 3 aromatic rings. The molecular weight excluding hydrogens is 440 g/mol. The molecule has 2 unspecified atom stereocenters. The average Bonchev–Trinajstić information content (AvgIpc) is 2.80. The molecule has 1 aliphatic rings. The van der Waals surface area contributed by atoms with Crippen LogP contribution < -0.4 is 16.0 Å². The number of rotatable bonds is 6. The van der Waals surface area contributed by atoms with Gasteiger partial charge in [0.15, 0.2) is 0 Å². The minimum absolute atomic E-state index is 0.148. The first-order chi connectivity index (χ1) is 16.3. The summed E-state index contributed by atoms with van der Waals surface area (Å²) in [6, 6.07) is 17.4. The van der Waals surface area contributed by atoms with Gasteiger partial charge in [-0.1, -0.05) is 54.6 Å². The van der Waals surface area contributed by atoms with E-state index in [9.17, 15) is 23.2 Å². The van der Waals surface area contributed by atoms with Crippen LogP contribution in [-0.4, -0.2) is 23.8 Å². The number of carbonyl (C=O) groups is 3. The topological polar surface area (TPSA) is 87.3 Å². The van der Waals surface area contributed by atoms with Gasteiger partial charge in [0.2, 0.25) is 17.7 Å². The fraction of sp³-hybridized carbons (Fsp3) is 0.192. The molecule has 0 aliphatic carbocycles. The Morgan fingerprint density at radius 2 is 1.56 bits per heavy atom. The molecule has 3 atom stereocenters. The lowest BCUT2D eigenvalue weighted by Gasteiger charge is -2.33. The van der Waals surface area contributed by atoms with E-state index < -0.39 is 35.5 Å². The van der Waals surface area contributed by atoms with Gasteiger partial charge in [0.05, 0.1) is 12.5 Å². The van der Waals surface area contributed by atoms with Crippen molar-refractivity contribution in [1.29, 1.82) is 0 Å². The van der Waals surface area contributed by atoms with E-state index in [4.69, 9.17) is 0 Å². The van der Waals surface area contributed by atoms with Gasteiger partial charge in [-0.3, -0.25) is 14.4 Å². The maximum atomic E-state index is 13.3. The normalized spacial score (nSPS) is 17.8. The minimum Gasteiger partial charge on any atom is -0.344 e. The highest BCUT2D eigenvalue weighted by Gasteiger charge is 2.35. The summed E-state index contributed by atoms with van der Waals surface area (Å²) in [5, 5.41) is 8.16. The van der Waals surface area contributed by atoms with E-state index in [1.807, 2.05) is 42.5 Å². The highest BCUT2D eigenvalue weighted by molar-refractivity contribution is 5.94. The Hall–Kier alpha value is -4.07. The maximum Gasteiger partial charge on any atom is 0.247 e. The van der Waals surface area contributed by atoms with Crippen molar-refractivity contribution >= 4 is 17.7 Å². The molecule has 0 fully saturated rings. The molecular formula is C26H23F2N3O3. The Bertz CT molecular complexity index is 1210. The molecule has 34 heavy (non-hydrogen) atoms. The molecule has 6 nitrogen and oxygen atoms in total. The van der Waals surface area contributed by atoms with Crippen LogP contribution >= 0.6 is 0 Å². The van der Waals surface area contributed by atoms with Gasteiger partial charge in [-0.25, -0.2) is 8.78 Å². The maximum absolute atomic E-state index is 13.3. The molecule has 0 spiro atoms. The predicted octanol–water partition coefficient (Wildman–Crippen LogP) is 3.09. The molecule has 0 bridgehead atoms. The van der Waals surface area contributed by atoms with E-state index in [-0.39, 0.29) is 23.9 Å². The fourth-order valence-electron chi connectivity index (χ4n) is 4.06. The molecule has 3 N–H and O–H groups in total. The summed E-state index contributed by atoms with van der Waals surface area (Å²) in [5.74, 6) is -3.08. The van der Waals surface area contributed by atoms with Gasteiger partial charge in [-0.05, 0) is 41.3 Å². The third-order valence-electron chi connectivity index (χ3n) is 5.64. The van der Waals surface area contributed by atoms with Crippen LogP contribution in [0.3, 0.4) is 0 Å². The molecule has 0 saturated carbocycles. The van der Waals surface area contributed by atoms with Crippen LogP contribution in [0.15, 0.2) is 72.8 Å². The highest BCUT2D eigenvalue weighted by atomic mass is 19.1. The predicted molar refractivity (Wildman–Crippen MR) is 121 cm³/mol. The summed E-state index contributed by atoms with van der Waals surface area (Å²) in [7, 11) is 0. The van der Waals surface area contributed by atoms with Crippen molar-refractivity contribution in [3.05, 3.63) is 107 Å². The van der Waals surface area contributed by atoms with Crippen molar-refractivity contribution in [3.63, 3.8) is 0 Å². The first-order valence-electron chi connectivity index (χ1n) is 10.8. The largest absolute Gasteiger partial charge is 0.344 e. The molecule has 0 aromatic heterocycles. The summed E-state index contributed by atoms with van der Waals surface area (Å²) in [6.07, 6.45) is -0.294. The van der Waals surface area contributed by atoms with Crippen molar-refractivity contribution in [2.45, 2.75) is 31.5 Å². The average molecular weight is 463 g/mol. The number of hydrogen-bond donors (Lipinski definition) is 3. The van der Waals surface area contributed by atoms with Crippen molar-refractivity contribution in [1.82, 2.24) is 16.0 Å². The first kappa shape index (κ1) is 23.1. The van der Waals surface area contributed by atoms with Crippen LogP contribution in [0.25, 0.3) is 0 Å². The molecule has 0 saturated heterocycles.